The van der Waals surface area contributed by atoms with Crippen LogP contribution in [0.2, 0.25) is 0 Å². The maximum Gasteiger partial charge on any atom is 0.331 e. The number of sulfonamides is 1. The van der Waals surface area contributed by atoms with Gasteiger partial charge < -0.3 is 4.74 Å². The third-order valence-corrected chi connectivity index (χ3v) is 6.21. The van der Waals surface area contributed by atoms with Crippen LogP contribution in [-0.2, 0) is 26.2 Å². The van der Waals surface area contributed by atoms with Crippen molar-refractivity contribution in [1.29, 1.82) is 5.26 Å². The van der Waals surface area contributed by atoms with Crippen LogP contribution in [0.5, 0.6) is 0 Å². The number of carbonyl (C=O) groups is 1. The van der Waals surface area contributed by atoms with Crippen LogP contribution in [0.25, 0.3) is 6.08 Å². The number of nitrogens with zero attached hydrogens (tertiary/aromatic N) is 2. The minimum atomic E-state index is -3.50. The average Bonchev–Trinajstić information content (AvgIpc) is 2.72. The summed E-state index contributed by atoms with van der Waals surface area (Å²) in [6.45, 7) is 4.40. The molecule has 2 rings (SSSR count). The van der Waals surface area contributed by atoms with E-state index in [-0.39, 0.29) is 11.5 Å². The van der Waals surface area contributed by atoms with Gasteiger partial charge in [0.1, 0.15) is 6.61 Å². The highest BCUT2D eigenvalue weighted by molar-refractivity contribution is 7.89. The minimum absolute atomic E-state index is 0.00790. The Balaban J connectivity index is 2.01. The molecule has 0 radical (unpaired) electrons. The second-order valence-corrected chi connectivity index (χ2v) is 7.81. The van der Waals surface area contributed by atoms with Gasteiger partial charge in [-0.3, -0.25) is 0 Å². The van der Waals surface area contributed by atoms with Crippen LogP contribution in [0.15, 0.2) is 59.5 Å². The SMILES string of the molecule is CCN(CC)S(=O)(=O)c1ccc(C=CC(=O)OCc2ccccc2C#N)cc1. The van der Waals surface area contributed by atoms with E-state index in [2.05, 4.69) is 0 Å². The Morgan fingerprint density at radius 1 is 1.11 bits per heavy atom. The van der Waals surface area contributed by atoms with Gasteiger partial charge in [-0.25, -0.2) is 13.2 Å². The number of ether oxygens (including phenoxy) is 1. The van der Waals surface area contributed by atoms with Crippen LogP contribution >= 0.6 is 0 Å². The van der Waals surface area contributed by atoms with E-state index in [1.807, 2.05) is 6.07 Å². The Labute approximate surface area is 165 Å². The maximum absolute atomic E-state index is 12.5. The zero-order chi connectivity index (χ0) is 20.6. The monoisotopic (exact) mass is 398 g/mol. The van der Waals surface area contributed by atoms with E-state index in [1.54, 1.807) is 56.3 Å². The average molecular weight is 398 g/mol. The van der Waals surface area contributed by atoms with Gasteiger partial charge in [-0.05, 0) is 29.8 Å². The van der Waals surface area contributed by atoms with Gasteiger partial charge in [-0.2, -0.15) is 9.57 Å². The summed E-state index contributed by atoms with van der Waals surface area (Å²) in [5, 5.41) is 9.03. The Morgan fingerprint density at radius 2 is 1.75 bits per heavy atom. The van der Waals surface area contributed by atoms with E-state index >= 15 is 0 Å². The standard InChI is InChI=1S/C21H22N2O4S/c1-3-23(4-2)28(25,26)20-12-9-17(10-13-20)11-14-21(24)27-16-19-8-6-5-7-18(19)15-22/h5-14H,3-4,16H2,1-2H3. The van der Waals surface area contributed by atoms with E-state index in [0.29, 0.717) is 29.8 Å². The Hall–Kier alpha value is -2.95. The smallest absolute Gasteiger partial charge is 0.331 e. The fraction of sp³-hybridized carbons (Fsp3) is 0.238. The lowest BCUT2D eigenvalue weighted by Gasteiger charge is -2.18. The highest BCUT2D eigenvalue weighted by Crippen LogP contribution is 2.17. The molecule has 0 spiro atoms. The highest BCUT2D eigenvalue weighted by atomic mass is 32.2. The Kier molecular flexibility index (Phi) is 7.50. The molecule has 0 atom stereocenters. The summed E-state index contributed by atoms with van der Waals surface area (Å²) in [5.74, 6) is -0.549. The number of nitriles is 1. The first-order valence-electron chi connectivity index (χ1n) is 8.85. The highest BCUT2D eigenvalue weighted by Gasteiger charge is 2.20. The number of carbonyl (C=O) groups excluding carboxylic acids is 1. The van der Waals surface area contributed by atoms with Gasteiger partial charge in [0.15, 0.2) is 0 Å². The van der Waals surface area contributed by atoms with Gasteiger partial charge in [0.05, 0.1) is 16.5 Å². The van der Waals surface area contributed by atoms with E-state index in [0.717, 1.165) is 0 Å². The molecule has 0 amide bonds. The van der Waals surface area contributed by atoms with Crippen LogP contribution in [0.1, 0.15) is 30.5 Å². The molecule has 0 aliphatic heterocycles. The maximum atomic E-state index is 12.5. The van der Waals surface area contributed by atoms with Crippen molar-refractivity contribution in [2.45, 2.75) is 25.3 Å². The summed E-state index contributed by atoms with van der Waals surface area (Å²) in [6, 6.07) is 15.2. The minimum Gasteiger partial charge on any atom is -0.458 e. The topological polar surface area (TPSA) is 87.5 Å². The predicted molar refractivity (Wildman–Crippen MR) is 107 cm³/mol. The van der Waals surface area contributed by atoms with Gasteiger partial charge in [-0.15, -0.1) is 0 Å². The molecule has 0 saturated carbocycles. The van der Waals surface area contributed by atoms with Crippen LogP contribution in [0.3, 0.4) is 0 Å². The first-order chi connectivity index (χ1) is 13.4. The van der Waals surface area contributed by atoms with Crippen LogP contribution in [0.4, 0.5) is 0 Å². The predicted octanol–water partition coefficient (Wildman–Crippen LogP) is 3.35. The fourth-order valence-electron chi connectivity index (χ4n) is 2.58. The van der Waals surface area contributed by atoms with Crippen molar-refractivity contribution in [3.05, 3.63) is 71.3 Å². The third kappa shape index (κ3) is 5.28. The fourth-order valence-corrected chi connectivity index (χ4v) is 4.04. The van der Waals surface area contributed by atoms with Crippen molar-refractivity contribution in [3.8, 4) is 6.07 Å². The second kappa shape index (κ2) is 9.83. The van der Waals surface area contributed by atoms with Gasteiger partial charge in [0, 0.05) is 24.7 Å². The molecular weight excluding hydrogens is 376 g/mol. The first kappa shape index (κ1) is 21.4. The lowest BCUT2D eigenvalue weighted by atomic mass is 10.1. The molecule has 0 aliphatic rings. The summed E-state index contributed by atoms with van der Waals surface area (Å²) < 4.78 is 31.4. The summed E-state index contributed by atoms with van der Waals surface area (Å²) >= 11 is 0. The number of benzene rings is 2. The molecule has 146 valence electrons. The summed E-state index contributed by atoms with van der Waals surface area (Å²) in [4.78, 5) is 12.1. The van der Waals surface area contributed by atoms with Crippen molar-refractivity contribution in [3.63, 3.8) is 0 Å². The van der Waals surface area contributed by atoms with Crippen LogP contribution in [0, 0.1) is 11.3 Å². The van der Waals surface area contributed by atoms with Gasteiger partial charge in [0.25, 0.3) is 0 Å². The molecule has 0 heterocycles. The van der Waals surface area contributed by atoms with E-state index in [1.165, 1.54) is 22.5 Å². The molecule has 6 nitrogen and oxygen atoms in total. The number of hydrogen-bond acceptors (Lipinski definition) is 5. The molecule has 0 aromatic heterocycles. The molecular formula is C21H22N2O4S. The molecule has 2 aromatic carbocycles. The van der Waals surface area contributed by atoms with E-state index in [9.17, 15) is 13.2 Å². The second-order valence-electron chi connectivity index (χ2n) is 5.87. The normalized spacial score (nSPS) is 11.5. The van der Waals surface area contributed by atoms with Crippen molar-refractivity contribution in [2.75, 3.05) is 13.1 Å². The van der Waals surface area contributed by atoms with E-state index < -0.39 is 16.0 Å². The molecule has 0 aliphatic carbocycles. The van der Waals surface area contributed by atoms with E-state index in [4.69, 9.17) is 10.00 Å². The van der Waals surface area contributed by atoms with Crippen LogP contribution < -0.4 is 0 Å². The molecule has 0 N–H and O–H groups in total. The summed E-state index contributed by atoms with van der Waals surface area (Å²) in [6.07, 6.45) is 2.81. The number of hydrogen-bond donors (Lipinski definition) is 0. The Bertz CT molecular complexity index is 986. The Morgan fingerprint density at radius 3 is 2.36 bits per heavy atom. The molecule has 0 unspecified atom stereocenters. The zero-order valence-electron chi connectivity index (χ0n) is 15.8. The van der Waals surface area contributed by atoms with Crippen molar-refractivity contribution in [1.82, 2.24) is 4.31 Å². The molecule has 0 fully saturated rings. The van der Waals surface area contributed by atoms with Crippen molar-refractivity contribution in [2.24, 2.45) is 0 Å². The van der Waals surface area contributed by atoms with Crippen molar-refractivity contribution < 1.29 is 17.9 Å². The number of rotatable bonds is 8. The van der Waals surface area contributed by atoms with Crippen molar-refractivity contribution >= 4 is 22.1 Å². The zero-order valence-corrected chi connectivity index (χ0v) is 16.6. The quantitative estimate of drug-likeness (QED) is 0.503. The molecule has 28 heavy (non-hydrogen) atoms. The largest absolute Gasteiger partial charge is 0.458 e. The third-order valence-electron chi connectivity index (χ3n) is 4.14. The van der Waals surface area contributed by atoms with Gasteiger partial charge in [-0.1, -0.05) is 44.2 Å². The lowest BCUT2D eigenvalue weighted by molar-refractivity contribution is -0.138. The lowest BCUT2D eigenvalue weighted by Crippen LogP contribution is -2.30. The molecule has 2 aromatic rings. The van der Waals surface area contributed by atoms with Gasteiger partial charge in [0.2, 0.25) is 10.0 Å². The summed E-state index contributed by atoms with van der Waals surface area (Å²) in [5.41, 5.74) is 1.77. The summed E-state index contributed by atoms with van der Waals surface area (Å²) in [7, 11) is -3.50. The molecule has 7 heteroatoms. The molecule has 0 bridgehead atoms. The van der Waals surface area contributed by atoms with Crippen LogP contribution in [-0.4, -0.2) is 31.8 Å². The number of esters is 1. The molecule has 0 saturated heterocycles. The van der Waals surface area contributed by atoms with Gasteiger partial charge >= 0.3 is 5.97 Å². The first-order valence-corrected chi connectivity index (χ1v) is 10.3.